The number of aromatic nitrogens is 1. The van der Waals surface area contributed by atoms with E-state index in [4.69, 9.17) is 4.42 Å². The van der Waals surface area contributed by atoms with Gasteiger partial charge in [0.1, 0.15) is 12.0 Å². The van der Waals surface area contributed by atoms with Crippen LogP contribution in [-0.2, 0) is 6.42 Å². The fourth-order valence-corrected chi connectivity index (χ4v) is 2.89. The van der Waals surface area contributed by atoms with E-state index in [0.29, 0.717) is 18.0 Å². The van der Waals surface area contributed by atoms with Crippen molar-refractivity contribution in [2.75, 3.05) is 0 Å². The van der Waals surface area contributed by atoms with E-state index in [-0.39, 0.29) is 5.78 Å². The molecule has 3 nitrogen and oxygen atoms in total. The van der Waals surface area contributed by atoms with E-state index in [1.807, 2.05) is 23.6 Å². The Hall–Kier alpha value is -1.94. The van der Waals surface area contributed by atoms with Crippen molar-refractivity contribution in [3.63, 3.8) is 0 Å². The van der Waals surface area contributed by atoms with Gasteiger partial charge in [-0.15, -0.1) is 11.3 Å². The Morgan fingerprint density at radius 2 is 2.22 bits per heavy atom. The maximum Gasteiger partial charge on any atom is 0.191 e. The molecule has 0 unspecified atom stereocenters. The van der Waals surface area contributed by atoms with E-state index in [9.17, 15) is 4.79 Å². The van der Waals surface area contributed by atoms with E-state index in [2.05, 4.69) is 11.1 Å². The van der Waals surface area contributed by atoms with E-state index >= 15 is 0 Å². The lowest BCUT2D eigenvalue weighted by molar-refractivity contribution is 0.0988. The number of hydrogen-bond acceptors (Lipinski definition) is 4. The van der Waals surface area contributed by atoms with Crippen molar-refractivity contribution in [3.05, 3.63) is 53.1 Å². The summed E-state index contributed by atoms with van der Waals surface area (Å²) in [7, 11) is 0. The van der Waals surface area contributed by atoms with Crippen molar-refractivity contribution in [2.24, 2.45) is 0 Å². The highest BCUT2D eigenvalue weighted by Gasteiger charge is 2.13. The molecule has 0 N–H and O–H groups in total. The second-order valence-corrected chi connectivity index (χ2v) is 5.02. The maximum atomic E-state index is 12.1. The Morgan fingerprint density at radius 3 is 3.00 bits per heavy atom. The van der Waals surface area contributed by atoms with Crippen LogP contribution in [0.5, 0.6) is 0 Å². The molecular formula is C14H11NO2S. The third-order valence-corrected chi connectivity index (χ3v) is 3.83. The number of oxazole rings is 1. The minimum absolute atomic E-state index is 0.00426. The van der Waals surface area contributed by atoms with E-state index in [0.717, 1.165) is 10.9 Å². The summed E-state index contributed by atoms with van der Waals surface area (Å²) in [6, 6.07) is 8.10. The first-order valence-corrected chi connectivity index (χ1v) is 6.52. The standard InChI is InChI=1S/C14H11NO2S/c1-9-15-12(7-17-9)13(16)6-10-8-18-14-5-3-2-4-11(10)14/h2-5,7-8H,6H2,1H3. The van der Waals surface area contributed by atoms with Crippen LogP contribution in [0.15, 0.2) is 40.3 Å². The summed E-state index contributed by atoms with van der Waals surface area (Å²) in [4.78, 5) is 16.1. The molecule has 3 rings (SSSR count). The molecule has 90 valence electrons. The molecule has 0 aliphatic carbocycles. The molecule has 18 heavy (non-hydrogen) atoms. The molecule has 2 aromatic heterocycles. The van der Waals surface area contributed by atoms with Crippen LogP contribution < -0.4 is 0 Å². The zero-order chi connectivity index (χ0) is 12.5. The highest BCUT2D eigenvalue weighted by molar-refractivity contribution is 7.17. The SMILES string of the molecule is Cc1nc(C(=O)Cc2csc3ccccc23)co1. The third kappa shape index (κ3) is 1.95. The lowest BCUT2D eigenvalue weighted by atomic mass is 10.1. The van der Waals surface area contributed by atoms with Crippen molar-refractivity contribution in [1.82, 2.24) is 4.98 Å². The molecule has 0 saturated carbocycles. The Bertz CT molecular complexity index is 711. The normalized spacial score (nSPS) is 10.9. The third-order valence-electron chi connectivity index (χ3n) is 2.82. The summed E-state index contributed by atoms with van der Waals surface area (Å²) < 4.78 is 6.27. The van der Waals surface area contributed by atoms with E-state index in [1.165, 1.54) is 11.0 Å². The minimum Gasteiger partial charge on any atom is -0.449 e. The van der Waals surface area contributed by atoms with E-state index < -0.39 is 0 Å². The number of ketones is 1. The van der Waals surface area contributed by atoms with Crippen molar-refractivity contribution in [1.29, 1.82) is 0 Å². The van der Waals surface area contributed by atoms with Crippen LogP contribution in [0.2, 0.25) is 0 Å². The van der Waals surface area contributed by atoms with Gasteiger partial charge >= 0.3 is 0 Å². The van der Waals surface area contributed by atoms with Gasteiger partial charge in [-0.1, -0.05) is 18.2 Å². The first-order valence-electron chi connectivity index (χ1n) is 5.64. The lowest BCUT2D eigenvalue weighted by Gasteiger charge is -1.96. The molecule has 0 aliphatic heterocycles. The number of thiophene rings is 1. The Morgan fingerprint density at radius 1 is 1.39 bits per heavy atom. The molecule has 4 heteroatoms. The molecule has 0 radical (unpaired) electrons. The maximum absolute atomic E-state index is 12.1. The number of hydrogen-bond donors (Lipinski definition) is 0. The fraction of sp³-hybridized carbons (Fsp3) is 0.143. The van der Waals surface area contributed by atoms with Gasteiger partial charge in [-0.25, -0.2) is 4.98 Å². The monoisotopic (exact) mass is 257 g/mol. The van der Waals surface area contributed by atoms with Crippen molar-refractivity contribution in [3.8, 4) is 0 Å². The van der Waals surface area contributed by atoms with Crippen LogP contribution in [0, 0.1) is 6.92 Å². The Balaban J connectivity index is 1.90. The lowest BCUT2D eigenvalue weighted by Crippen LogP contribution is -2.03. The van der Waals surface area contributed by atoms with Crippen LogP contribution in [0.3, 0.4) is 0 Å². The molecule has 3 aromatic rings. The van der Waals surface area contributed by atoms with Gasteiger partial charge in [0.2, 0.25) is 0 Å². The molecule has 0 fully saturated rings. The predicted molar refractivity (Wildman–Crippen MR) is 71.1 cm³/mol. The molecule has 0 aliphatic rings. The predicted octanol–water partition coefficient (Wildman–Crippen LogP) is 3.62. The first kappa shape index (κ1) is 11.2. The number of nitrogens with zero attached hydrogens (tertiary/aromatic N) is 1. The number of carbonyl (C=O) groups is 1. The molecule has 0 atom stereocenters. The smallest absolute Gasteiger partial charge is 0.191 e. The van der Waals surface area contributed by atoms with Gasteiger partial charge in [0, 0.05) is 18.0 Å². The number of carbonyl (C=O) groups excluding carboxylic acids is 1. The molecule has 1 aromatic carbocycles. The van der Waals surface area contributed by atoms with Gasteiger partial charge in [-0.3, -0.25) is 4.79 Å². The zero-order valence-corrected chi connectivity index (χ0v) is 10.7. The summed E-state index contributed by atoms with van der Waals surface area (Å²) in [5, 5.41) is 3.19. The highest BCUT2D eigenvalue weighted by Crippen LogP contribution is 2.26. The van der Waals surface area contributed by atoms with Crippen LogP contribution in [0.4, 0.5) is 0 Å². The molecular weight excluding hydrogens is 246 g/mol. The van der Waals surface area contributed by atoms with Crippen molar-refractivity contribution < 1.29 is 9.21 Å². The summed E-state index contributed by atoms with van der Waals surface area (Å²) in [6.45, 7) is 1.73. The van der Waals surface area contributed by atoms with Gasteiger partial charge in [0.15, 0.2) is 11.7 Å². The van der Waals surface area contributed by atoms with Gasteiger partial charge in [-0.05, 0) is 22.4 Å². The number of benzene rings is 1. The van der Waals surface area contributed by atoms with Crippen molar-refractivity contribution >= 4 is 27.2 Å². The molecule has 2 heterocycles. The van der Waals surface area contributed by atoms with Crippen LogP contribution in [0.1, 0.15) is 21.9 Å². The summed E-state index contributed by atoms with van der Waals surface area (Å²) in [6.07, 6.45) is 1.79. The van der Waals surface area contributed by atoms with Crippen LogP contribution >= 0.6 is 11.3 Å². The Kier molecular flexibility index (Phi) is 2.72. The number of fused-ring (bicyclic) bond motifs is 1. The van der Waals surface area contributed by atoms with E-state index in [1.54, 1.807) is 18.3 Å². The zero-order valence-electron chi connectivity index (χ0n) is 9.84. The summed E-state index contributed by atoms with van der Waals surface area (Å²) >= 11 is 1.66. The second-order valence-electron chi connectivity index (χ2n) is 4.11. The second kappa shape index (κ2) is 4.38. The average Bonchev–Trinajstić information content (AvgIpc) is 2.97. The highest BCUT2D eigenvalue weighted by atomic mass is 32.1. The summed E-state index contributed by atoms with van der Waals surface area (Å²) in [5.41, 5.74) is 1.46. The summed E-state index contributed by atoms with van der Waals surface area (Å²) in [5.74, 6) is 0.518. The average molecular weight is 257 g/mol. The van der Waals surface area contributed by atoms with Gasteiger partial charge < -0.3 is 4.42 Å². The largest absolute Gasteiger partial charge is 0.449 e. The quantitative estimate of drug-likeness (QED) is 0.673. The topological polar surface area (TPSA) is 43.1 Å². The molecule has 0 bridgehead atoms. The Labute approximate surface area is 108 Å². The van der Waals surface area contributed by atoms with Crippen LogP contribution in [0.25, 0.3) is 10.1 Å². The number of Topliss-reactive ketones (excluding diaryl/α,β-unsaturated/α-hetero) is 1. The van der Waals surface area contributed by atoms with Gasteiger partial charge in [0.25, 0.3) is 0 Å². The van der Waals surface area contributed by atoms with Crippen LogP contribution in [-0.4, -0.2) is 10.8 Å². The van der Waals surface area contributed by atoms with Gasteiger partial charge in [0.05, 0.1) is 0 Å². The minimum atomic E-state index is -0.00426. The molecule has 0 spiro atoms. The number of rotatable bonds is 3. The van der Waals surface area contributed by atoms with Gasteiger partial charge in [-0.2, -0.15) is 0 Å². The number of aryl methyl sites for hydroxylation is 1. The molecule has 0 amide bonds. The molecule has 0 saturated heterocycles. The van der Waals surface area contributed by atoms with Crippen molar-refractivity contribution in [2.45, 2.75) is 13.3 Å². The fourth-order valence-electron chi connectivity index (χ4n) is 1.92. The first-order chi connectivity index (χ1) is 8.74.